The zero-order valence-corrected chi connectivity index (χ0v) is 34.8. The minimum Gasteiger partial charge on any atom is -0.376 e. The fourth-order valence-corrected chi connectivity index (χ4v) is 9.88. The molecule has 21 heteroatoms. The number of pyridine rings is 1. The summed E-state index contributed by atoms with van der Waals surface area (Å²) in [6, 6.07) is 8.55. The predicted molar refractivity (Wildman–Crippen MR) is 217 cm³/mol. The van der Waals surface area contributed by atoms with Crippen molar-refractivity contribution in [3.8, 4) is 0 Å². The third-order valence-electron chi connectivity index (χ3n) is 13.7. The second-order valence-electron chi connectivity index (χ2n) is 17.8. The maximum atomic E-state index is 14.1. The van der Waals surface area contributed by atoms with Crippen LogP contribution in [0, 0.1) is 11.3 Å². The van der Waals surface area contributed by atoms with E-state index >= 15 is 0 Å². The summed E-state index contributed by atoms with van der Waals surface area (Å²) in [5.74, 6) is -3.65. The van der Waals surface area contributed by atoms with Gasteiger partial charge in [-0.05, 0) is 99.7 Å². The van der Waals surface area contributed by atoms with Crippen LogP contribution in [0.15, 0.2) is 54.7 Å². The molecule has 2 aromatic carbocycles. The Kier molecular flexibility index (Phi) is 10.6. The molecule has 2 unspecified atom stereocenters. The number of carbonyl (C=O) groups is 6. The molecule has 2 atom stereocenters. The first-order chi connectivity index (χ1) is 30.6. The molecule has 9 rings (SSSR count). The number of benzene rings is 2. The molecule has 2 aromatic heterocycles. The minimum absolute atomic E-state index is 0.0229. The van der Waals surface area contributed by atoms with Crippen LogP contribution >= 0.6 is 0 Å². The first-order valence-corrected chi connectivity index (χ1v) is 21.2. The van der Waals surface area contributed by atoms with Crippen molar-refractivity contribution < 1.29 is 60.2 Å². The number of carbonyl (C=O) groups excluding carboxylic acids is 6. The summed E-state index contributed by atoms with van der Waals surface area (Å²) in [4.78, 5) is 85.5. The second kappa shape index (κ2) is 15.7. The number of alkyl halides is 6. The number of nitrogens with zero attached hydrogens (tertiary/aromatic N) is 6. The fourth-order valence-electron chi connectivity index (χ4n) is 9.88. The van der Waals surface area contributed by atoms with E-state index in [2.05, 4.69) is 25.6 Å². The van der Waals surface area contributed by atoms with E-state index in [1.165, 1.54) is 6.07 Å². The number of aliphatic hydroxyl groups is 1. The SMILES string of the molecule is CC(O)(c1cc2nn(C3CC4(CCN(C(=O)C5CCN(c6ccc7c(c6)C(=O)N(C6CCC(=O)NC6=O)C7=O)CC5)CC4)C3)cc2cc1NC(=O)c1cccc(C(F)(F)F)n1)C(F)(F)F. The predicted octanol–water partition coefficient (Wildman–Crippen LogP) is 5.73. The molecule has 6 amide bonds. The molecule has 0 bridgehead atoms. The number of imide groups is 2. The Bertz CT molecular complexity index is 2660. The van der Waals surface area contributed by atoms with Gasteiger partial charge in [-0.15, -0.1) is 0 Å². The highest BCUT2D eigenvalue weighted by Gasteiger charge is 2.53. The third-order valence-corrected chi connectivity index (χ3v) is 13.7. The molecule has 3 saturated heterocycles. The molecular weight excluding hydrogens is 867 g/mol. The molecule has 1 aliphatic carbocycles. The van der Waals surface area contributed by atoms with Crippen LogP contribution in [-0.4, -0.2) is 104 Å². The van der Waals surface area contributed by atoms with Crippen molar-refractivity contribution in [3.05, 3.63) is 82.8 Å². The molecule has 0 radical (unpaired) electrons. The molecule has 15 nitrogen and oxygen atoms in total. The van der Waals surface area contributed by atoms with Crippen molar-refractivity contribution in [1.82, 2.24) is 29.9 Å². The standard InChI is InChI=1S/C44H42F6N8O7/c1-41(65,44(48,49)50)29-19-31-24(17-32(29)52-36(60)30-3-2-4-34(51-30)43(45,46)47)22-57(54-31)26-20-42(21-26)11-15-56(16-12-42)38(62)23-9-13-55(14-10-23)25-5-6-27-28(18-25)40(64)58(39(27)63)33-7-8-35(59)53-37(33)61/h2-6,17-19,22-23,26,33,65H,7-16,20-21H2,1H3,(H,52,60)(H,53,59,61). The van der Waals surface area contributed by atoms with Gasteiger partial charge in [-0.1, -0.05) is 6.07 Å². The molecule has 6 heterocycles. The Morgan fingerprint density at radius 2 is 1.57 bits per heavy atom. The van der Waals surface area contributed by atoms with Crippen molar-refractivity contribution in [2.75, 3.05) is 36.4 Å². The lowest BCUT2D eigenvalue weighted by Crippen LogP contribution is -2.54. The smallest absolute Gasteiger partial charge is 0.376 e. The number of amides is 6. The van der Waals surface area contributed by atoms with Gasteiger partial charge >= 0.3 is 12.4 Å². The van der Waals surface area contributed by atoms with E-state index in [1.54, 1.807) is 29.1 Å². The molecule has 65 heavy (non-hydrogen) atoms. The molecule has 5 aliphatic rings. The van der Waals surface area contributed by atoms with Crippen molar-refractivity contribution >= 4 is 57.7 Å². The molecule has 4 aromatic rings. The Balaban J connectivity index is 0.809. The maximum Gasteiger partial charge on any atom is 0.433 e. The summed E-state index contributed by atoms with van der Waals surface area (Å²) in [5.41, 5.74) is -5.65. The van der Waals surface area contributed by atoms with E-state index in [-0.39, 0.29) is 52.8 Å². The van der Waals surface area contributed by atoms with Crippen molar-refractivity contribution in [2.24, 2.45) is 11.3 Å². The number of rotatable bonds is 7. The summed E-state index contributed by atoms with van der Waals surface area (Å²) in [6.07, 6.45) is -4.36. The molecular formula is C44H42F6N8O7. The molecule has 1 saturated carbocycles. The lowest BCUT2D eigenvalue weighted by Gasteiger charge is -2.52. The minimum atomic E-state index is -5.20. The summed E-state index contributed by atoms with van der Waals surface area (Å²) in [7, 11) is 0. The van der Waals surface area contributed by atoms with Crippen LogP contribution in [0.2, 0.25) is 0 Å². The first kappa shape index (κ1) is 43.9. The lowest BCUT2D eigenvalue weighted by molar-refractivity contribution is -0.258. The number of aromatic nitrogens is 3. The average molecular weight is 909 g/mol. The quantitative estimate of drug-likeness (QED) is 0.153. The summed E-state index contributed by atoms with van der Waals surface area (Å²) >= 11 is 0. The van der Waals surface area contributed by atoms with Crippen LogP contribution in [0.3, 0.4) is 0 Å². The highest BCUT2D eigenvalue weighted by Crippen LogP contribution is 2.55. The first-order valence-electron chi connectivity index (χ1n) is 21.2. The highest BCUT2D eigenvalue weighted by atomic mass is 19.4. The van der Waals surface area contributed by atoms with Gasteiger partial charge in [0.25, 0.3) is 17.7 Å². The van der Waals surface area contributed by atoms with Gasteiger partial charge < -0.3 is 20.2 Å². The zero-order chi connectivity index (χ0) is 46.4. The van der Waals surface area contributed by atoms with Crippen LogP contribution in [0.25, 0.3) is 10.9 Å². The Morgan fingerprint density at radius 1 is 0.877 bits per heavy atom. The number of piperidine rings is 3. The maximum absolute atomic E-state index is 14.1. The van der Waals surface area contributed by atoms with Crippen LogP contribution in [0.5, 0.6) is 0 Å². The van der Waals surface area contributed by atoms with Gasteiger partial charge in [0.2, 0.25) is 17.7 Å². The van der Waals surface area contributed by atoms with Gasteiger partial charge in [0.15, 0.2) is 5.60 Å². The van der Waals surface area contributed by atoms with Crippen LogP contribution in [0.4, 0.5) is 37.7 Å². The Morgan fingerprint density at radius 3 is 2.23 bits per heavy atom. The normalized spacial score (nSPS) is 21.7. The monoisotopic (exact) mass is 908 g/mol. The van der Waals surface area contributed by atoms with Gasteiger partial charge in [0.05, 0.1) is 22.7 Å². The van der Waals surface area contributed by atoms with Crippen LogP contribution in [-0.2, 0) is 26.2 Å². The van der Waals surface area contributed by atoms with Gasteiger partial charge in [0.1, 0.15) is 17.4 Å². The number of likely N-dealkylation sites (tertiary alicyclic amines) is 1. The van der Waals surface area contributed by atoms with Gasteiger partial charge in [-0.25, -0.2) is 4.98 Å². The number of nitrogens with one attached hydrogen (secondary N) is 2. The zero-order valence-electron chi connectivity index (χ0n) is 34.8. The van der Waals surface area contributed by atoms with Gasteiger partial charge in [-0.2, -0.15) is 31.4 Å². The van der Waals surface area contributed by atoms with E-state index in [4.69, 9.17) is 0 Å². The van der Waals surface area contributed by atoms with Crippen LogP contribution < -0.4 is 15.5 Å². The van der Waals surface area contributed by atoms with E-state index < -0.39 is 76.2 Å². The van der Waals surface area contributed by atoms with E-state index in [0.717, 1.165) is 41.6 Å². The van der Waals surface area contributed by atoms with Crippen molar-refractivity contribution in [1.29, 1.82) is 0 Å². The Labute approximate surface area is 366 Å². The fraction of sp³-hybridized carbons (Fsp3) is 0.455. The van der Waals surface area contributed by atoms with E-state index in [0.29, 0.717) is 70.2 Å². The Hall–Kier alpha value is -6.38. The van der Waals surface area contributed by atoms with Crippen molar-refractivity contribution in [2.45, 2.75) is 88.3 Å². The van der Waals surface area contributed by atoms with Crippen LogP contribution in [0.1, 0.15) is 107 Å². The number of fused-ring (bicyclic) bond motifs is 2. The summed E-state index contributed by atoms with van der Waals surface area (Å²) in [5, 5.41) is 20.0. The second-order valence-corrected chi connectivity index (χ2v) is 17.8. The van der Waals surface area contributed by atoms with E-state index in [1.807, 2.05) is 4.90 Å². The number of hydrogen-bond acceptors (Lipinski definition) is 10. The molecule has 1 spiro atoms. The third kappa shape index (κ3) is 7.86. The summed E-state index contributed by atoms with van der Waals surface area (Å²) < 4.78 is 83.9. The average Bonchev–Trinajstić information content (AvgIpc) is 3.78. The largest absolute Gasteiger partial charge is 0.433 e. The molecule has 342 valence electrons. The molecule has 4 aliphatic heterocycles. The number of hydrogen-bond donors (Lipinski definition) is 3. The summed E-state index contributed by atoms with van der Waals surface area (Å²) in [6.45, 7) is 2.70. The topological polar surface area (TPSA) is 187 Å². The van der Waals surface area contributed by atoms with E-state index in [9.17, 15) is 60.2 Å². The van der Waals surface area contributed by atoms with Crippen molar-refractivity contribution in [3.63, 3.8) is 0 Å². The van der Waals surface area contributed by atoms with Gasteiger partial charge in [-0.3, -0.25) is 43.7 Å². The number of anilines is 2. The molecule has 3 N–H and O–H groups in total. The molecule has 4 fully saturated rings. The number of halogens is 6. The van der Waals surface area contributed by atoms with Gasteiger partial charge in [0, 0.05) is 67.0 Å². The lowest BCUT2D eigenvalue weighted by atomic mass is 9.60. The highest BCUT2D eigenvalue weighted by molar-refractivity contribution is 6.23.